The van der Waals surface area contributed by atoms with Crippen molar-refractivity contribution in [3.05, 3.63) is 55.4 Å². The van der Waals surface area contributed by atoms with Crippen molar-refractivity contribution in [1.82, 2.24) is 0 Å². The molecule has 5 heteroatoms. The Balaban J connectivity index is 2.41. The highest BCUT2D eigenvalue weighted by Gasteiger charge is 2.05. The summed E-state index contributed by atoms with van der Waals surface area (Å²) in [6.07, 6.45) is 1.58. The van der Waals surface area contributed by atoms with Gasteiger partial charge in [-0.15, -0.1) is 0 Å². The van der Waals surface area contributed by atoms with Crippen LogP contribution in [-0.4, -0.2) is 11.3 Å². The van der Waals surface area contributed by atoms with Gasteiger partial charge in [-0.2, -0.15) is 0 Å². The van der Waals surface area contributed by atoms with Gasteiger partial charge in [-0.1, -0.05) is 11.6 Å². The van der Waals surface area contributed by atoms with E-state index in [2.05, 4.69) is 36.9 Å². The summed E-state index contributed by atoms with van der Waals surface area (Å²) in [4.78, 5) is 4.38. The number of nitrogens with zero attached hydrogens (tertiary/aromatic N) is 1. The molecule has 98 valence electrons. The SMILES string of the molecule is Cc1cc(Br)c(N=Cc2cc(Cl)ccc2O)c(Br)c1. The average molecular weight is 404 g/mol. The van der Waals surface area contributed by atoms with Crippen LogP contribution in [0.25, 0.3) is 0 Å². The summed E-state index contributed by atoms with van der Waals surface area (Å²) in [7, 11) is 0. The van der Waals surface area contributed by atoms with Gasteiger partial charge in [0, 0.05) is 25.7 Å². The van der Waals surface area contributed by atoms with E-state index in [1.54, 1.807) is 24.4 Å². The molecule has 0 fully saturated rings. The van der Waals surface area contributed by atoms with Crippen LogP contribution in [0.2, 0.25) is 5.02 Å². The third kappa shape index (κ3) is 3.59. The molecule has 2 aromatic carbocycles. The quantitative estimate of drug-likeness (QED) is 0.648. The number of aryl methyl sites for hydroxylation is 1. The fraction of sp³-hybridized carbons (Fsp3) is 0.0714. The highest BCUT2D eigenvalue weighted by Crippen LogP contribution is 2.35. The molecular weight excluding hydrogens is 393 g/mol. The van der Waals surface area contributed by atoms with Gasteiger partial charge in [0.05, 0.1) is 5.69 Å². The maximum Gasteiger partial charge on any atom is 0.124 e. The van der Waals surface area contributed by atoms with Crippen LogP contribution < -0.4 is 0 Å². The number of halogens is 3. The molecule has 0 radical (unpaired) electrons. The van der Waals surface area contributed by atoms with Gasteiger partial charge in [0.15, 0.2) is 0 Å². The summed E-state index contributed by atoms with van der Waals surface area (Å²) in [5, 5.41) is 10.3. The molecule has 0 unspecified atom stereocenters. The molecule has 0 saturated carbocycles. The van der Waals surface area contributed by atoms with Crippen molar-refractivity contribution >= 4 is 55.4 Å². The molecule has 2 rings (SSSR count). The van der Waals surface area contributed by atoms with Crippen LogP contribution in [0, 0.1) is 6.92 Å². The van der Waals surface area contributed by atoms with Gasteiger partial charge in [0.2, 0.25) is 0 Å². The average Bonchev–Trinajstić information content (AvgIpc) is 2.32. The number of aromatic hydroxyl groups is 1. The minimum Gasteiger partial charge on any atom is -0.507 e. The smallest absolute Gasteiger partial charge is 0.124 e. The molecule has 1 N–H and O–H groups in total. The van der Waals surface area contributed by atoms with Gasteiger partial charge in [-0.3, -0.25) is 4.99 Å². The zero-order chi connectivity index (χ0) is 14.0. The molecule has 0 atom stereocenters. The van der Waals surface area contributed by atoms with Crippen molar-refractivity contribution < 1.29 is 5.11 Å². The first-order valence-corrected chi connectivity index (χ1v) is 7.42. The summed E-state index contributed by atoms with van der Waals surface area (Å²) < 4.78 is 1.77. The van der Waals surface area contributed by atoms with E-state index in [-0.39, 0.29) is 5.75 Å². The molecule has 0 aliphatic carbocycles. The summed E-state index contributed by atoms with van der Waals surface area (Å²) in [6.45, 7) is 2.01. The topological polar surface area (TPSA) is 32.6 Å². The monoisotopic (exact) mass is 401 g/mol. The van der Waals surface area contributed by atoms with Crippen molar-refractivity contribution in [3.63, 3.8) is 0 Å². The van der Waals surface area contributed by atoms with E-state index in [1.807, 2.05) is 19.1 Å². The van der Waals surface area contributed by atoms with E-state index in [1.165, 1.54) is 0 Å². The van der Waals surface area contributed by atoms with Gasteiger partial charge in [-0.25, -0.2) is 0 Å². The molecule has 0 aromatic heterocycles. The molecule has 2 aromatic rings. The van der Waals surface area contributed by atoms with E-state index in [9.17, 15) is 5.11 Å². The van der Waals surface area contributed by atoms with Crippen molar-refractivity contribution in [1.29, 1.82) is 0 Å². The summed E-state index contributed by atoms with van der Waals surface area (Å²) in [6, 6.07) is 8.80. The Hall–Kier alpha value is -0.840. The lowest BCUT2D eigenvalue weighted by molar-refractivity contribution is 0.474. The summed E-state index contributed by atoms with van der Waals surface area (Å²) in [5.41, 5.74) is 2.47. The van der Waals surface area contributed by atoms with E-state index >= 15 is 0 Å². The lowest BCUT2D eigenvalue weighted by Gasteiger charge is -2.04. The molecule has 0 spiro atoms. The van der Waals surface area contributed by atoms with Crippen LogP contribution in [0.1, 0.15) is 11.1 Å². The Morgan fingerprint density at radius 3 is 2.42 bits per heavy atom. The fourth-order valence-corrected chi connectivity index (χ4v) is 3.38. The van der Waals surface area contributed by atoms with Crippen molar-refractivity contribution in [2.75, 3.05) is 0 Å². The van der Waals surface area contributed by atoms with Gasteiger partial charge < -0.3 is 5.11 Å². The van der Waals surface area contributed by atoms with E-state index in [0.29, 0.717) is 10.6 Å². The van der Waals surface area contributed by atoms with Crippen LogP contribution in [-0.2, 0) is 0 Å². The van der Waals surface area contributed by atoms with Crippen LogP contribution in [0.5, 0.6) is 5.75 Å². The molecule has 0 amide bonds. The molecule has 0 heterocycles. The summed E-state index contributed by atoms with van der Waals surface area (Å²) in [5.74, 6) is 0.146. The minimum absolute atomic E-state index is 0.146. The molecular formula is C14H10Br2ClNO. The molecule has 0 saturated heterocycles. The Morgan fingerprint density at radius 2 is 1.79 bits per heavy atom. The zero-order valence-electron chi connectivity index (χ0n) is 9.99. The summed E-state index contributed by atoms with van der Waals surface area (Å²) >= 11 is 12.8. The first-order valence-electron chi connectivity index (χ1n) is 5.45. The maximum absolute atomic E-state index is 9.72. The highest BCUT2D eigenvalue weighted by atomic mass is 79.9. The molecule has 19 heavy (non-hydrogen) atoms. The van der Waals surface area contributed by atoms with Gasteiger partial charge in [0.25, 0.3) is 0 Å². The number of phenolic OH excluding ortho intramolecular Hbond substituents is 1. The maximum atomic E-state index is 9.72. The number of rotatable bonds is 2. The third-order valence-corrected chi connectivity index (χ3v) is 3.93. The van der Waals surface area contributed by atoms with Gasteiger partial charge in [0.1, 0.15) is 5.75 Å². The van der Waals surface area contributed by atoms with Crippen molar-refractivity contribution in [2.24, 2.45) is 4.99 Å². The second kappa shape index (κ2) is 6.07. The Bertz CT molecular complexity index is 633. The second-order valence-corrected chi connectivity index (χ2v) is 6.18. The van der Waals surface area contributed by atoms with Crippen molar-refractivity contribution in [2.45, 2.75) is 6.92 Å². The van der Waals surface area contributed by atoms with Crippen molar-refractivity contribution in [3.8, 4) is 5.75 Å². The predicted molar refractivity (Wildman–Crippen MR) is 86.9 cm³/mol. The molecule has 0 bridgehead atoms. The molecule has 2 nitrogen and oxygen atoms in total. The number of phenols is 1. The van der Waals surface area contributed by atoms with Gasteiger partial charge in [-0.05, 0) is 74.7 Å². The molecule has 0 aliphatic rings. The Labute approximate surface area is 133 Å². The Kier molecular flexibility index (Phi) is 4.66. The van der Waals surface area contributed by atoms with E-state index in [0.717, 1.165) is 20.2 Å². The normalized spacial score (nSPS) is 11.2. The van der Waals surface area contributed by atoms with Crippen LogP contribution >= 0.6 is 43.5 Å². The largest absolute Gasteiger partial charge is 0.507 e. The lowest BCUT2D eigenvalue weighted by atomic mass is 10.2. The highest BCUT2D eigenvalue weighted by molar-refractivity contribution is 9.11. The van der Waals surface area contributed by atoms with E-state index in [4.69, 9.17) is 11.6 Å². The number of aliphatic imine (C=N–C) groups is 1. The minimum atomic E-state index is 0.146. The van der Waals surface area contributed by atoms with Crippen LogP contribution in [0.4, 0.5) is 5.69 Å². The zero-order valence-corrected chi connectivity index (χ0v) is 13.9. The van der Waals surface area contributed by atoms with Gasteiger partial charge >= 0.3 is 0 Å². The predicted octanol–water partition coefficient (Wildman–Crippen LogP) is 5.63. The van der Waals surface area contributed by atoms with E-state index < -0.39 is 0 Å². The third-order valence-electron chi connectivity index (χ3n) is 2.48. The molecule has 0 aliphatic heterocycles. The Morgan fingerprint density at radius 1 is 1.16 bits per heavy atom. The standard InChI is InChI=1S/C14H10Br2ClNO/c1-8-4-11(15)14(12(16)5-8)18-7-9-6-10(17)2-3-13(9)19/h2-7,19H,1H3. The number of hydrogen-bond donors (Lipinski definition) is 1. The second-order valence-electron chi connectivity index (χ2n) is 4.04. The number of benzene rings is 2. The van der Waals surface area contributed by atoms with Crippen LogP contribution in [0.15, 0.2) is 44.3 Å². The number of hydrogen-bond acceptors (Lipinski definition) is 2. The first-order chi connectivity index (χ1) is 8.97. The first kappa shape index (κ1) is 14.6. The van der Waals surface area contributed by atoms with Crippen LogP contribution in [0.3, 0.4) is 0 Å². The fourth-order valence-electron chi connectivity index (χ4n) is 1.58. The lowest BCUT2D eigenvalue weighted by Crippen LogP contribution is -1.83.